The fourth-order valence-electron chi connectivity index (χ4n) is 2.64. The van der Waals surface area contributed by atoms with Gasteiger partial charge in [0.2, 0.25) is 0 Å². The summed E-state index contributed by atoms with van der Waals surface area (Å²) in [6, 6.07) is 0.125. The Hall–Kier alpha value is -1.43. The van der Waals surface area contributed by atoms with Crippen LogP contribution in [0.5, 0.6) is 0 Å². The van der Waals surface area contributed by atoms with Crippen LogP contribution in [0.15, 0.2) is 0 Å². The molecule has 0 radical (unpaired) electrons. The first kappa shape index (κ1) is 12.0. The predicted octanol–water partition coefficient (Wildman–Crippen LogP) is 0.663. The third kappa shape index (κ3) is 1.93. The van der Waals surface area contributed by atoms with Crippen LogP contribution < -0.4 is 5.32 Å². The fourth-order valence-corrected chi connectivity index (χ4v) is 2.64. The summed E-state index contributed by atoms with van der Waals surface area (Å²) in [6.45, 7) is 3.75. The van der Waals surface area contributed by atoms with Gasteiger partial charge in [-0.25, -0.2) is 9.67 Å². The number of rotatable bonds is 3. The van der Waals surface area contributed by atoms with E-state index in [0.717, 1.165) is 18.1 Å². The highest BCUT2D eigenvalue weighted by Gasteiger charge is 2.45. The van der Waals surface area contributed by atoms with Crippen molar-refractivity contribution in [2.24, 2.45) is 0 Å². The molecule has 1 aromatic heterocycles. The van der Waals surface area contributed by atoms with E-state index in [2.05, 4.69) is 15.4 Å². The molecule has 1 heterocycles. The second-order valence-electron chi connectivity index (χ2n) is 4.68. The number of hydrogen-bond acceptors (Lipinski definition) is 4. The van der Waals surface area contributed by atoms with E-state index >= 15 is 0 Å². The number of aryl methyl sites for hydroxylation is 2. The highest BCUT2D eigenvalue weighted by atomic mass is 16.4. The van der Waals surface area contributed by atoms with E-state index < -0.39 is 11.5 Å². The monoisotopic (exact) mass is 238 g/mol. The van der Waals surface area contributed by atoms with Gasteiger partial charge in [0.25, 0.3) is 0 Å². The molecule has 1 saturated carbocycles. The lowest BCUT2D eigenvalue weighted by molar-refractivity contribution is -0.144. The number of carbonyl (C=O) groups is 1. The van der Waals surface area contributed by atoms with Gasteiger partial charge in [0.05, 0.1) is 6.04 Å². The molecule has 0 bridgehead atoms. The molecule has 2 rings (SSSR count). The maximum absolute atomic E-state index is 11.3. The summed E-state index contributed by atoms with van der Waals surface area (Å²) in [4.78, 5) is 15.6. The molecule has 0 spiro atoms. The number of nitrogens with one attached hydrogen (secondary N) is 1. The van der Waals surface area contributed by atoms with E-state index in [1.807, 2.05) is 18.5 Å². The fraction of sp³-hybridized carbons (Fsp3) is 0.727. The number of carboxylic acid groups (broad SMARTS) is 1. The van der Waals surface area contributed by atoms with Gasteiger partial charge in [0.1, 0.15) is 17.2 Å². The summed E-state index contributed by atoms with van der Waals surface area (Å²) < 4.78 is 1.86. The van der Waals surface area contributed by atoms with Gasteiger partial charge in [-0.2, -0.15) is 5.10 Å². The zero-order chi connectivity index (χ0) is 12.6. The first-order valence-electron chi connectivity index (χ1n) is 5.80. The van der Waals surface area contributed by atoms with Crippen LogP contribution in [0.25, 0.3) is 0 Å². The molecule has 1 aliphatic carbocycles. The Morgan fingerprint density at radius 2 is 2.29 bits per heavy atom. The summed E-state index contributed by atoms with van der Waals surface area (Å²) >= 11 is 0. The van der Waals surface area contributed by atoms with Crippen molar-refractivity contribution in [3.63, 3.8) is 0 Å². The predicted molar refractivity (Wildman–Crippen MR) is 61.8 cm³/mol. The third-order valence-corrected chi connectivity index (χ3v) is 3.63. The van der Waals surface area contributed by atoms with Crippen molar-refractivity contribution in [3.05, 3.63) is 11.6 Å². The van der Waals surface area contributed by atoms with Crippen molar-refractivity contribution in [2.45, 2.75) is 44.7 Å². The Morgan fingerprint density at radius 3 is 2.71 bits per heavy atom. The lowest BCUT2D eigenvalue weighted by atomic mass is 9.98. The number of aromatic nitrogens is 3. The molecule has 17 heavy (non-hydrogen) atoms. The maximum atomic E-state index is 11.3. The Morgan fingerprint density at radius 1 is 1.59 bits per heavy atom. The normalized spacial score (nSPS) is 28.5. The van der Waals surface area contributed by atoms with E-state index in [-0.39, 0.29) is 6.04 Å². The second-order valence-corrected chi connectivity index (χ2v) is 4.68. The average Bonchev–Trinajstić information content (AvgIpc) is 2.82. The van der Waals surface area contributed by atoms with Crippen LogP contribution in [0.4, 0.5) is 0 Å². The van der Waals surface area contributed by atoms with Gasteiger partial charge in [-0.05, 0) is 40.2 Å². The second kappa shape index (κ2) is 4.10. The minimum Gasteiger partial charge on any atom is -0.480 e. The average molecular weight is 238 g/mol. The van der Waals surface area contributed by atoms with E-state index in [0.29, 0.717) is 12.8 Å². The lowest BCUT2D eigenvalue weighted by Gasteiger charge is -2.23. The van der Waals surface area contributed by atoms with Crippen LogP contribution in [0.2, 0.25) is 0 Å². The molecule has 6 heteroatoms. The van der Waals surface area contributed by atoms with Crippen molar-refractivity contribution >= 4 is 5.97 Å². The molecule has 94 valence electrons. The number of nitrogens with zero attached hydrogens (tertiary/aromatic N) is 3. The summed E-state index contributed by atoms with van der Waals surface area (Å²) in [5.74, 6) is 0.807. The number of carboxylic acids is 1. The van der Waals surface area contributed by atoms with Gasteiger partial charge < -0.3 is 10.4 Å². The molecule has 2 atom stereocenters. The molecular weight excluding hydrogens is 220 g/mol. The zero-order valence-corrected chi connectivity index (χ0v) is 10.4. The van der Waals surface area contributed by atoms with Crippen LogP contribution in [-0.4, -0.2) is 38.4 Å². The summed E-state index contributed by atoms with van der Waals surface area (Å²) in [5, 5.41) is 16.6. The minimum atomic E-state index is -0.809. The number of aliphatic carboxylic acids is 1. The number of likely N-dealkylation sites (N-methyl/N-ethyl adjacent to an activating group) is 1. The van der Waals surface area contributed by atoms with Crippen LogP contribution >= 0.6 is 0 Å². The maximum Gasteiger partial charge on any atom is 0.323 e. The van der Waals surface area contributed by atoms with E-state index in [1.165, 1.54) is 0 Å². The van der Waals surface area contributed by atoms with Gasteiger partial charge in [0, 0.05) is 0 Å². The van der Waals surface area contributed by atoms with E-state index in [1.54, 1.807) is 7.05 Å². The van der Waals surface area contributed by atoms with Gasteiger partial charge in [-0.3, -0.25) is 4.79 Å². The van der Waals surface area contributed by atoms with Crippen LogP contribution in [0, 0.1) is 13.8 Å². The van der Waals surface area contributed by atoms with E-state index in [4.69, 9.17) is 0 Å². The Balaban J connectivity index is 2.23. The topological polar surface area (TPSA) is 80.0 Å². The molecule has 0 saturated heterocycles. The van der Waals surface area contributed by atoms with Gasteiger partial charge in [0.15, 0.2) is 0 Å². The first-order valence-corrected chi connectivity index (χ1v) is 5.80. The quantitative estimate of drug-likeness (QED) is 0.808. The standard InChI is InChI=1S/C11H18N4O2/c1-7-13-8(2)15(14-7)9-4-5-11(6-9,12-3)10(16)17/h9,12H,4-6H2,1-3H3,(H,16,17). The third-order valence-electron chi connectivity index (χ3n) is 3.63. The Kier molecular flexibility index (Phi) is 2.91. The highest BCUT2D eigenvalue weighted by molar-refractivity contribution is 5.79. The summed E-state index contributed by atoms with van der Waals surface area (Å²) in [6.07, 6.45) is 2.00. The molecule has 1 aliphatic rings. The molecule has 2 unspecified atom stereocenters. The summed E-state index contributed by atoms with van der Waals surface area (Å²) in [5.41, 5.74) is -0.809. The van der Waals surface area contributed by atoms with Crippen molar-refractivity contribution in [1.82, 2.24) is 20.1 Å². The van der Waals surface area contributed by atoms with Crippen molar-refractivity contribution in [1.29, 1.82) is 0 Å². The van der Waals surface area contributed by atoms with E-state index in [9.17, 15) is 9.90 Å². The molecule has 0 amide bonds. The molecule has 6 nitrogen and oxygen atoms in total. The number of hydrogen-bond donors (Lipinski definition) is 2. The van der Waals surface area contributed by atoms with Gasteiger partial charge in [-0.1, -0.05) is 0 Å². The minimum absolute atomic E-state index is 0.125. The lowest BCUT2D eigenvalue weighted by Crippen LogP contribution is -2.48. The van der Waals surface area contributed by atoms with Crippen LogP contribution in [0.1, 0.15) is 37.0 Å². The first-order chi connectivity index (χ1) is 7.98. The highest BCUT2D eigenvalue weighted by Crippen LogP contribution is 2.37. The van der Waals surface area contributed by atoms with Gasteiger partial charge >= 0.3 is 5.97 Å². The molecular formula is C11H18N4O2. The Labute approximate surface area is 100 Å². The van der Waals surface area contributed by atoms with Crippen LogP contribution in [-0.2, 0) is 4.79 Å². The van der Waals surface area contributed by atoms with Crippen molar-refractivity contribution in [2.75, 3.05) is 7.05 Å². The molecule has 2 N–H and O–H groups in total. The smallest absolute Gasteiger partial charge is 0.323 e. The largest absolute Gasteiger partial charge is 0.480 e. The van der Waals surface area contributed by atoms with Crippen LogP contribution in [0.3, 0.4) is 0 Å². The molecule has 0 aliphatic heterocycles. The molecule has 1 aromatic rings. The van der Waals surface area contributed by atoms with Crippen molar-refractivity contribution < 1.29 is 9.90 Å². The SMILES string of the molecule is CNC1(C(=O)O)CCC(n2nc(C)nc2C)C1. The zero-order valence-electron chi connectivity index (χ0n) is 10.4. The summed E-state index contributed by atoms with van der Waals surface area (Å²) in [7, 11) is 1.70. The Bertz CT molecular complexity index is 443. The van der Waals surface area contributed by atoms with Gasteiger partial charge in [-0.15, -0.1) is 0 Å². The van der Waals surface area contributed by atoms with Crippen molar-refractivity contribution in [3.8, 4) is 0 Å². The molecule has 1 fully saturated rings. The molecule has 0 aromatic carbocycles.